The molecular formula is C19H24O. The van der Waals surface area contributed by atoms with Crippen LogP contribution in [0.5, 0.6) is 5.75 Å². The Labute approximate surface area is 121 Å². The summed E-state index contributed by atoms with van der Waals surface area (Å²) in [6.45, 7) is 11.6. The van der Waals surface area contributed by atoms with Crippen molar-refractivity contribution in [1.29, 1.82) is 0 Å². The number of aromatic hydroxyl groups is 1. The normalized spacial score (nSPS) is 21.9. The van der Waals surface area contributed by atoms with Crippen molar-refractivity contribution in [2.45, 2.75) is 46.5 Å². The zero-order chi connectivity index (χ0) is 14.7. The van der Waals surface area contributed by atoms with Crippen molar-refractivity contribution in [2.24, 2.45) is 11.3 Å². The third-order valence-corrected chi connectivity index (χ3v) is 4.79. The zero-order valence-corrected chi connectivity index (χ0v) is 13.1. The van der Waals surface area contributed by atoms with E-state index in [-0.39, 0.29) is 5.41 Å². The quantitative estimate of drug-likeness (QED) is 0.731. The highest BCUT2D eigenvalue weighted by Gasteiger charge is 2.42. The van der Waals surface area contributed by atoms with Crippen molar-refractivity contribution in [2.75, 3.05) is 0 Å². The van der Waals surface area contributed by atoms with E-state index in [0.29, 0.717) is 23.5 Å². The average molecular weight is 268 g/mol. The molecule has 2 atom stereocenters. The molecule has 2 unspecified atom stereocenters. The molecule has 0 bridgehead atoms. The minimum Gasteiger partial charge on any atom is -0.507 e. The molecular weight excluding hydrogens is 244 g/mol. The summed E-state index contributed by atoms with van der Waals surface area (Å²) in [5, 5.41) is 12.5. The summed E-state index contributed by atoms with van der Waals surface area (Å²) in [6.07, 6.45) is 0. The molecule has 0 spiro atoms. The molecule has 0 heterocycles. The van der Waals surface area contributed by atoms with Gasteiger partial charge in [0.05, 0.1) is 0 Å². The van der Waals surface area contributed by atoms with Gasteiger partial charge in [0, 0.05) is 5.39 Å². The van der Waals surface area contributed by atoms with Crippen LogP contribution in [0.3, 0.4) is 0 Å². The number of phenols is 1. The van der Waals surface area contributed by atoms with E-state index in [9.17, 15) is 5.11 Å². The van der Waals surface area contributed by atoms with E-state index >= 15 is 0 Å². The summed E-state index contributed by atoms with van der Waals surface area (Å²) in [7, 11) is 0. The van der Waals surface area contributed by atoms with Gasteiger partial charge in [0.1, 0.15) is 5.75 Å². The van der Waals surface area contributed by atoms with Gasteiger partial charge in [-0.15, -0.1) is 0 Å². The third kappa shape index (κ3) is 1.76. The van der Waals surface area contributed by atoms with Gasteiger partial charge in [0.15, 0.2) is 0 Å². The van der Waals surface area contributed by atoms with Gasteiger partial charge in [-0.1, -0.05) is 58.9 Å². The molecule has 0 radical (unpaired) electrons. The Hall–Kier alpha value is -1.50. The average Bonchev–Trinajstić information content (AvgIpc) is 2.70. The van der Waals surface area contributed by atoms with E-state index in [4.69, 9.17) is 0 Å². The first-order chi connectivity index (χ1) is 9.32. The predicted octanol–water partition coefficient (Wildman–Crippen LogP) is 5.43. The van der Waals surface area contributed by atoms with Crippen LogP contribution in [-0.4, -0.2) is 5.11 Å². The summed E-state index contributed by atoms with van der Waals surface area (Å²) in [5.74, 6) is 2.06. The second kappa shape index (κ2) is 4.25. The lowest BCUT2D eigenvalue weighted by Gasteiger charge is -2.36. The van der Waals surface area contributed by atoms with Gasteiger partial charge in [-0.2, -0.15) is 0 Å². The molecule has 0 amide bonds. The molecule has 0 aromatic heterocycles. The van der Waals surface area contributed by atoms with Gasteiger partial charge in [-0.25, -0.2) is 0 Å². The standard InChI is InChI=1S/C19H24O/c1-11(2)16-13-8-6-7-12-15(20)10-9-14(17(12)13)18(16)19(3,4)5/h6-11,16,18,20H,1-5H3. The number of phenolic OH excluding ortho intramolecular Hbond substituents is 1. The molecule has 0 aliphatic heterocycles. The van der Waals surface area contributed by atoms with Crippen LogP contribution < -0.4 is 0 Å². The van der Waals surface area contributed by atoms with Crippen molar-refractivity contribution in [3.63, 3.8) is 0 Å². The molecule has 0 fully saturated rings. The Kier molecular flexibility index (Phi) is 2.86. The minimum absolute atomic E-state index is 0.220. The summed E-state index contributed by atoms with van der Waals surface area (Å²) in [4.78, 5) is 0. The minimum atomic E-state index is 0.220. The van der Waals surface area contributed by atoms with Gasteiger partial charge >= 0.3 is 0 Å². The molecule has 1 aliphatic carbocycles. The topological polar surface area (TPSA) is 20.2 Å². The fourth-order valence-electron chi connectivity index (χ4n) is 4.11. The molecule has 106 valence electrons. The highest BCUT2D eigenvalue weighted by molar-refractivity contribution is 5.96. The molecule has 20 heavy (non-hydrogen) atoms. The molecule has 1 heteroatoms. The number of hydrogen-bond acceptors (Lipinski definition) is 1. The van der Waals surface area contributed by atoms with E-state index in [1.165, 1.54) is 16.5 Å². The first kappa shape index (κ1) is 13.5. The third-order valence-electron chi connectivity index (χ3n) is 4.79. The van der Waals surface area contributed by atoms with Crippen LogP contribution in [0.25, 0.3) is 10.8 Å². The monoisotopic (exact) mass is 268 g/mol. The lowest BCUT2D eigenvalue weighted by Crippen LogP contribution is -2.24. The van der Waals surface area contributed by atoms with Crippen LogP contribution in [0.15, 0.2) is 30.3 Å². The van der Waals surface area contributed by atoms with Crippen LogP contribution in [0.1, 0.15) is 57.6 Å². The largest absolute Gasteiger partial charge is 0.507 e. The SMILES string of the molecule is CC(C)C1c2cccc3c(O)ccc(c23)C1C(C)(C)C. The summed E-state index contributed by atoms with van der Waals surface area (Å²) >= 11 is 0. The zero-order valence-electron chi connectivity index (χ0n) is 13.1. The van der Waals surface area contributed by atoms with Gasteiger partial charge in [0.25, 0.3) is 0 Å². The first-order valence-electron chi connectivity index (χ1n) is 7.57. The molecule has 0 saturated heterocycles. The first-order valence-corrected chi connectivity index (χ1v) is 7.57. The molecule has 1 nitrogen and oxygen atoms in total. The molecule has 3 rings (SSSR count). The second-order valence-corrected chi connectivity index (χ2v) is 7.56. The van der Waals surface area contributed by atoms with Gasteiger partial charge in [-0.3, -0.25) is 0 Å². The van der Waals surface area contributed by atoms with Crippen LogP contribution >= 0.6 is 0 Å². The van der Waals surface area contributed by atoms with Crippen LogP contribution in [0.2, 0.25) is 0 Å². The van der Waals surface area contributed by atoms with Gasteiger partial charge < -0.3 is 5.11 Å². The predicted molar refractivity (Wildman–Crippen MR) is 85.4 cm³/mol. The lowest BCUT2D eigenvalue weighted by molar-refractivity contribution is 0.254. The molecule has 2 aromatic carbocycles. The van der Waals surface area contributed by atoms with Gasteiger partial charge in [0.2, 0.25) is 0 Å². The Bertz CT molecular complexity index is 661. The second-order valence-electron chi connectivity index (χ2n) is 7.56. The fraction of sp³-hybridized carbons (Fsp3) is 0.474. The molecule has 2 aromatic rings. The van der Waals surface area contributed by atoms with Crippen molar-refractivity contribution < 1.29 is 5.11 Å². The number of benzene rings is 2. The Balaban J connectivity index is 2.37. The molecule has 1 N–H and O–H groups in total. The smallest absolute Gasteiger partial charge is 0.123 e. The maximum Gasteiger partial charge on any atom is 0.123 e. The lowest BCUT2D eigenvalue weighted by atomic mass is 9.68. The summed E-state index contributed by atoms with van der Waals surface area (Å²) in [6, 6.07) is 10.4. The van der Waals surface area contributed by atoms with Crippen molar-refractivity contribution in [1.82, 2.24) is 0 Å². The molecule has 0 saturated carbocycles. The van der Waals surface area contributed by atoms with E-state index < -0.39 is 0 Å². The van der Waals surface area contributed by atoms with Crippen LogP contribution in [0, 0.1) is 11.3 Å². The highest BCUT2D eigenvalue weighted by Crippen LogP contribution is 2.57. The van der Waals surface area contributed by atoms with Crippen LogP contribution in [-0.2, 0) is 0 Å². The van der Waals surface area contributed by atoms with E-state index in [2.05, 4.69) is 52.8 Å². The van der Waals surface area contributed by atoms with Crippen molar-refractivity contribution >= 4 is 10.8 Å². The summed E-state index contributed by atoms with van der Waals surface area (Å²) < 4.78 is 0. The van der Waals surface area contributed by atoms with Crippen molar-refractivity contribution in [3.05, 3.63) is 41.5 Å². The number of rotatable bonds is 1. The Morgan fingerprint density at radius 3 is 2.30 bits per heavy atom. The molecule has 1 aliphatic rings. The Morgan fingerprint density at radius 2 is 1.70 bits per heavy atom. The highest BCUT2D eigenvalue weighted by atomic mass is 16.3. The van der Waals surface area contributed by atoms with E-state index in [0.717, 1.165) is 5.39 Å². The maximum absolute atomic E-state index is 10.2. The fourth-order valence-corrected chi connectivity index (χ4v) is 4.11. The van der Waals surface area contributed by atoms with Crippen LogP contribution in [0.4, 0.5) is 0 Å². The van der Waals surface area contributed by atoms with E-state index in [1.807, 2.05) is 12.1 Å². The maximum atomic E-state index is 10.2. The van der Waals surface area contributed by atoms with E-state index in [1.54, 1.807) is 0 Å². The van der Waals surface area contributed by atoms with Crippen molar-refractivity contribution in [3.8, 4) is 5.75 Å². The number of hydrogen-bond donors (Lipinski definition) is 1. The van der Waals surface area contributed by atoms with Gasteiger partial charge in [-0.05, 0) is 45.7 Å². The Morgan fingerprint density at radius 1 is 1.00 bits per heavy atom. The summed E-state index contributed by atoms with van der Waals surface area (Å²) in [5.41, 5.74) is 3.06.